The Bertz CT molecular complexity index is 320. The van der Waals surface area contributed by atoms with Gasteiger partial charge in [-0.2, -0.15) is 0 Å². The SMILES string of the molecule is CC(C)(C)OC(=O)C1(C)CCC(C)(C)C1(C)C. The quantitative estimate of drug-likeness (QED) is 0.643. The van der Waals surface area contributed by atoms with Gasteiger partial charge >= 0.3 is 5.97 Å². The Hall–Kier alpha value is -0.530. The summed E-state index contributed by atoms with van der Waals surface area (Å²) < 4.78 is 5.61. The van der Waals surface area contributed by atoms with E-state index in [1.807, 2.05) is 20.8 Å². The van der Waals surface area contributed by atoms with Crippen molar-refractivity contribution in [2.75, 3.05) is 0 Å². The number of esters is 1. The molecule has 0 saturated heterocycles. The van der Waals surface area contributed by atoms with Crippen molar-refractivity contribution in [2.24, 2.45) is 16.2 Å². The lowest BCUT2D eigenvalue weighted by Gasteiger charge is -2.45. The van der Waals surface area contributed by atoms with Gasteiger partial charge in [0.1, 0.15) is 5.60 Å². The monoisotopic (exact) mass is 240 g/mol. The Labute approximate surface area is 106 Å². The van der Waals surface area contributed by atoms with Gasteiger partial charge in [-0.3, -0.25) is 4.79 Å². The number of carbonyl (C=O) groups excluding carboxylic acids is 1. The second-order valence-corrected chi connectivity index (χ2v) is 7.84. The summed E-state index contributed by atoms with van der Waals surface area (Å²) in [5.41, 5.74) is -0.631. The molecule has 1 aliphatic rings. The average molecular weight is 240 g/mol. The molecule has 1 atom stereocenters. The van der Waals surface area contributed by atoms with Crippen LogP contribution in [0.2, 0.25) is 0 Å². The topological polar surface area (TPSA) is 26.3 Å². The first-order valence-corrected chi connectivity index (χ1v) is 6.57. The summed E-state index contributed by atoms with van der Waals surface area (Å²) in [7, 11) is 0. The summed E-state index contributed by atoms with van der Waals surface area (Å²) in [6.45, 7) is 16.8. The maximum atomic E-state index is 12.5. The Morgan fingerprint density at radius 3 is 1.76 bits per heavy atom. The molecule has 1 saturated carbocycles. The smallest absolute Gasteiger partial charge is 0.312 e. The number of hydrogen-bond acceptors (Lipinski definition) is 2. The van der Waals surface area contributed by atoms with E-state index in [1.165, 1.54) is 0 Å². The number of carbonyl (C=O) groups is 1. The standard InChI is InChI=1S/C15H28O2/c1-12(2,3)17-11(16)15(8)10-9-13(4,5)14(15,6)7/h9-10H2,1-8H3. The van der Waals surface area contributed by atoms with Crippen LogP contribution in [0.25, 0.3) is 0 Å². The van der Waals surface area contributed by atoms with Gasteiger partial charge in [0.05, 0.1) is 5.41 Å². The van der Waals surface area contributed by atoms with Crippen LogP contribution in [0.5, 0.6) is 0 Å². The van der Waals surface area contributed by atoms with Crippen LogP contribution in [0.4, 0.5) is 0 Å². The third-order valence-electron chi connectivity index (χ3n) is 5.17. The lowest BCUT2D eigenvalue weighted by Crippen LogP contribution is -2.46. The first kappa shape index (κ1) is 14.5. The first-order chi connectivity index (χ1) is 7.33. The summed E-state index contributed by atoms with van der Waals surface area (Å²) >= 11 is 0. The van der Waals surface area contributed by atoms with Crippen LogP contribution >= 0.6 is 0 Å². The van der Waals surface area contributed by atoms with E-state index in [2.05, 4.69) is 34.6 Å². The fraction of sp³-hybridized carbons (Fsp3) is 0.933. The summed E-state index contributed by atoms with van der Waals surface area (Å²) in [5.74, 6) is -0.0411. The summed E-state index contributed by atoms with van der Waals surface area (Å²) in [5, 5.41) is 0. The van der Waals surface area contributed by atoms with E-state index in [-0.39, 0.29) is 22.2 Å². The van der Waals surface area contributed by atoms with Crippen LogP contribution in [-0.2, 0) is 9.53 Å². The van der Waals surface area contributed by atoms with Gasteiger partial charge < -0.3 is 4.74 Å². The van der Waals surface area contributed by atoms with Crippen LogP contribution in [0, 0.1) is 16.2 Å². The van der Waals surface area contributed by atoms with Gasteiger partial charge in [-0.05, 0) is 51.4 Å². The molecule has 0 aromatic heterocycles. The van der Waals surface area contributed by atoms with Gasteiger partial charge in [-0.15, -0.1) is 0 Å². The molecule has 2 nitrogen and oxygen atoms in total. The highest BCUT2D eigenvalue weighted by atomic mass is 16.6. The van der Waals surface area contributed by atoms with E-state index < -0.39 is 5.60 Å². The molecular weight excluding hydrogens is 212 g/mol. The largest absolute Gasteiger partial charge is 0.460 e. The average Bonchev–Trinajstić information content (AvgIpc) is 2.24. The van der Waals surface area contributed by atoms with Crippen molar-refractivity contribution in [3.8, 4) is 0 Å². The molecule has 1 unspecified atom stereocenters. The Kier molecular flexibility index (Phi) is 3.19. The van der Waals surface area contributed by atoms with Crippen molar-refractivity contribution in [3.05, 3.63) is 0 Å². The molecule has 0 aromatic rings. The van der Waals surface area contributed by atoms with E-state index in [0.717, 1.165) is 12.8 Å². The minimum atomic E-state index is -0.400. The van der Waals surface area contributed by atoms with Gasteiger partial charge in [-0.1, -0.05) is 27.7 Å². The van der Waals surface area contributed by atoms with Crippen LogP contribution in [0.1, 0.15) is 68.2 Å². The maximum absolute atomic E-state index is 12.5. The van der Waals surface area contributed by atoms with E-state index in [1.54, 1.807) is 0 Å². The van der Waals surface area contributed by atoms with Crippen molar-refractivity contribution in [1.29, 1.82) is 0 Å². The predicted octanol–water partition coefficient (Wildman–Crippen LogP) is 4.18. The molecule has 0 bridgehead atoms. The predicted molar refractivity (Wildman–Crippen MR) is 70.7 cm³/mol. The number of hydrogen-bond donors (Lipinski definition) is 0. The third kappa shape index (κ3) is 2.23. The molecule has 2 heteroatoms. The van der Waals surface area contributed by atoms with Gasteiger partial charge in [-0.25, -0.2) is 0 Å². The lowest BCUT2D eigenvalue weighted by molar-refractivity contribution is -0.174. The highest BCUT2D eigenvalue weighted by Gasteiger charge is 2.60. The summed E-state index contributed by atoms with van der Waals surface area (Å²) in [6.07, 6.45) is 2.00. The fourth-order valence-corrected chi connectivity index (χ4v) is 2.68. The Morgan fingerprint density at radius 2 is 1.47 bits per heavy atom. The zero-order valence-corrected chi connectivity index (χ0v) is 12.7. The molecule has 0 amide bonds. The normalized spacial score (nSPS) is 31.3. The van der Waals surface area contributed by atoms with E-state index in [9.17, 15) is 4.79 Å². The highest BCUT2D eigenvalue weighted by Crippen LogP contribution is 2.62. The minimum Gasteiger partial charge on any atom is -0.460 e. The van der Waals surface area contributed by atoms with Gasteiger partial charge in [0.2, 0.25) is 0 Å². The molecular formula is C15H28O2. The second-order valence-electron chi connectivity index (χ2n) is 7.84. The molecule has 0 N–H and O–H groups in total. The van der Waals surface area contributed by atoms with Gasteiger partial charge in [0.25, 0.3) is 0 Å². The molecule has 0 aliphatic heterocycles. The number of ether oxygens (including phenoxy) is 1. The van der Waals surface area contributed by atoms with Crippen LogP contribution in [0.15, 0.2) is 0 Å². The van der Waals surface area contributed by atoms with E-state index in [4.69, 9.17) is 4.74 Å². The first-order valence-electron chi connectivity index (χ1n) is 6.57. The van der Waals surface area contributed by atoms with Gasteiger partial charge in [0, 0.05) is 0 Å². The molecule has 0 radical (unpaired) electrons. The van der Waals surface area contributed by atoms with Gasteiger partial charge in [0.15, 0.2) is 0 Å². The van der Waals surface area contributed by atoms with Crippen LogP contribution in [-0.4, -0.2) is 11.6 Å². The molecule has 17 heavy (non-hydrogen) atoms. The molecule has 0 aromatic carbocycles. The third-order valence-corrected chi connectivity index (χ3v) is 5.17. The van der Waals surface area contributed by atoms with Crippen molar-refractivity contribution >= 4 is 5.97 Å². The van der Waals surface area contributed by atoms with Crippen molar-refractivity contribution in [2.45, 2.75) is 73.8 Å². The number of rotatable bonds is 1. The second kappa shape index (κ2) is 3.73. The lowest BCUT2D eigenvalue weighted by atomic mass is 9.60. The summed E-state index contributed by atoms with van der Waals surface area (Å²) in [4.78, 5) is 12.5. The Morgan fingerprint density at radius 1 is 1.00 bits per heavy atom. The van der Waals surface area contributed by atoms with Crippen molar-refractivity contribution in [1.82, 2.24) is 0 Å². The highest BCUT2D eigenvalue weighted by molar-refractivity contribution is 5.78. The Balaban J connectivity index is 3.02. The van der Waals surface area contributed by atoms with E-state index >= 15 is 0 Å². The van der Waals surface area contributed by atoms with Crippen molar-refractivity contribution in [3.63, 3.8) is 0 Å². The molecule has 1 aliphatic carbocycles. The van der Waals surface area contributed by atoms with E-state index in [0.29, 0.717) is 0 Å². The zero-order chi connectivity index (χ0) is 13.7. The van der Waals surface area contributed by atoms with Crippen LogP contribution < -0.4 is 0 Å². The maximum Gasteiger partial charge on any atom is 0.312 e. The van der Waals surface area contributed by atoms with Crippen molar-refractivity contribution < 1.29 is 9.53 Å². The van der Waals surface area contributed by atoms with Crippen LogP contribution in [0.3, 0.4) is 0 Å². The molecule has 0 heterocycles. The summed E-state index contributed by atoms with van der Waals surface area (Å²) in [6, 6.07) is 0. The minimum absolute atomic E-state index is 0.0394. The molecule has 0 spiro atoms. The zero-order valence-electron chi connectivity index (χ0n) is 12.7. The molecule has 100 valence electrons. The fourth-order valence-electron chi connectivity index (χ4n) is 2.68. The molecule has 1 fully saturated rings. The molecule has 1 rings (SSSR count).